The maximum absolute atomic E-state index is 12.3. The molecule has 2 aromatic heterocycles. The van der Waals surface area contributed by atoms with Crippen molar-refractivity contribution < 1.29 is 23.9 Å². The Morgan fingerprint density at radius 1 is 1.15 bits per heavy atom. The molecule has 2 heterocycles. The van der Waals surface area contributed by atoms with Crippen molar-refractivity contribution in [2.45, 2.75) is 39.0 Å². The van der Waals surface area contributed by atoms with Crippen molar-refractivity contribution in [3.63, 3.8) is 0 Å². The lowest BCUT2D eigenvalue weighted by Gasteiger charge is -2.08. The molecule has 27 heavy (non-hydrogen) atoms. The summed E-state index contributed by atoms with van der Waals surface area (Å²) in [4.78, 5) is 38.2. The first-order valence-corrected chi connectivity index (χ1v) is 10.4. The van der Waals surface area contributed by atoms with E-state index in [1.165, 1.54) is 29.8 Å². The zero-order valence-corrected chi connectivity index (χ0v) is 16.9. The Hall–Kier alpha value is -2.19. The summed E-state index contributed by atoms with van der Waals surface area (Å²) >= 11 is 2.69. The van der Waals surface area contributed by atoms with Gasteiger partial charge in [-0.3, -0.25) is 4.79 Å². The quantitative estimate of drug-likeness (QED) is 0.599. The minimum absolute atomic E-state index is 0.403. The van der Waals surface area contributed by atoms with Gasteiger partial charge in [-0.25, -0.2) is 9.59 Å². The number of methoxy groups -OCH3 is 1. The number of nitrogens with one attached hydrogen (secondary N) is 1. The second-order valence-electron chi connectivity index (χ2n) is 6.32. The van der Waals surface area contributed by atoms with E-state index in [2.05, 4.69) is 5.32 Å². The van der Waals surface area contributed by atoms with Gasteiger partial charge in [0.15, 0.2) is 6.61 Å². The standard InChI is InChI=1S/C19H21NO5S2/c1-11-8-9-26-16(11)19(23)25-10-14(21)20-17-15(18(22)24-2)12-6-4-3-5-7-13(12)27-17/h8-9H,3-7,10H2,1-2H3,(H,20,21). The van der Waals surface area contributed by atoms with Crippen molar-refractivity contribution >= 4 is 45.5 Å². The Labute approximate surface area is 165 Å². The van der Waals surface area contributed by atoms with Crippen molar-refractivity contribution in [3.8, 4) is 0 Å². The lowest BCUT2D eigenvalue weighted by atomic mass is 10.1. The van der Waals surface area contributed by atoms with E-state index < -0.39 is 24.5 Å². The average Bonchev–Trinajstić information content (AvgIpc) is 3.15. The Balaban J connectivity index is 1.71. The summed E-state index contributed by atoms with van der Waals surface area (Å²) in [7, 11) is 1.33. The van der Waals surface area contributed by atoms with Crippen LogP contribution in [0.25, 0.3) is 0 Å². The number of rotatable bonds is 5. The van der Waals surface area contributed by atoms with Crippen LogP contribution in [0.1, 0.15) is 55.3 Å². The van der Waals surface area contributed by atoms with Crippen LogP contribution in [0.5, 0.6) is 0 Å². The molecule has 1 amide bonds. The van der Waals surface area contributed by atoms with Crippen LogP contribution < -0.4 is 5.32 Å². The number of carbonyl (C=O) groups excluding carboxylic acids is 3. The van der Waals surface area contributed by atoms with Crippen molar-refractivity contribution in [2.24, 2.45) is 0 Å². The zero-order chi connectivity index (χ0) is 19.4. The number of esters is 2. The number of thiophene rings is 2. The molecule has 0 saturated heterocycles. The molecular formula is C19H21NO5S2. The highest BCUT2D eigenvalue weighted by Crippen LogP contribution is 2.37. The maximum Gasteiger partial charge on any atom is 0.349 e. The lowest BCUT2D eigenvalue weighted by molar-refractivity contribution is -0.119. The third-order valence-electron chi connectivity index (χ3n) is 4.45. The molecule has 2 aromatic rings. The summed E-state index contributed by atoms with van der Waals surface area (Å²) in [5, 5.41) is 5.00. The topological polar surface area (TPSA) is 81.7 Å². The van der Waals surface area contributed by atoms with E-state index in [0.29, 0.717) is 15.4 Å². The lowest BCUT2D eigenvalue weighted by Crippen LogP contribution is -2.21. The number of anilines is 1. The largest absolute Gasteiger partial charge is 0.465 e. The predicted molar refractivity (Wildman–Crippen MR) is 105 cm³/mol. The summed E-state index contributed by atoms with van der Waals surface area (Å²) in [5.74, 6) is -1.44. The zero-order valence-electron chi connectivity index (χ0n) is 15.3. The fraction of sp³-hybridized carbons (Fsp3) is 0.421. The smallest absolute Gasteiger partial charge is 0.349 e. The van der Waals surface area contributed by atoms with Crippen molar-refractivity contribution in [2.75, 3.05) is 19.0 Å². The Kier molecular flexibility index (Phi) is 6.28. The van der Waals surface area contributed by atoms with Crippen LogP contribution in [0.3, 0.4) is 0 Å². The molecule has 3 rings (SSSR count). The highest BCUT2D eigenvalue weighted by Gasteiger charge is 2.26. The summed E-state index contributed by atoms with van der Waals surface area (Å²) in [5.41, 5.74) is 2.24. The average molecular weight is 408 g/mol. The highest BCUT2D eigenvalue weighted by molar-refractivity contribution is 7.17. The third-order valence-corrected chi connectivity index (χ3v) is 6.65. The van der Waals surface area contributed by atoms with E-state index in [9.17, 15) is 14.4 Å². The van der Waals surface area contributed by atoms with E-state index in [1.807, 2.05) is 13.0 Å². The van der Waals surface area contributed by atoms with Gasteiger partial charge in [-0.2, -0.15) is 0 Å². The van der Waals surface area contributed by atoms with Crippen LogP contribution in [0, 0.1) is 6.92 Å². The molecule has 0 aliphatic heterocycles. The fourth-order valence-corrected chi connectivity index (χ4v) is 5.20. The normalized spacial score (nSPS) is 13.4. The molecule has 0 aromatic carbocycles. The van der Waals surface area contributed by atoms with Crippen molar-refractivity contribution in [3.05, 3.63) is 37.9 Å². The highest BCUT2D eigenvalue weighted by atomic mass is 32.1. The molecular weight excluding hydrogens is 386 g/mol. The Morgan fingerprint density at radius 3 is 2.63 bits per heavy atom. The Bertz CT molecular complexity index is 868. The first kappa shape index (κ1) is 19.6. The minimum atomic E-state index is -0.521. The summed E-state index contributed by atoms with van der Waals surface area (Å²) in [6, 6.07) is 1.82. The van der Waals surface area contributed by atoms with E-state index in [-0.39, 0.29) is 0 Å². The van der Waals surface area contributed by atoms with E-state index in [0.717, 1.165) is 48.1 Å². The first-order chi connectivity index (χ1) is 13.0. The fourth-order valence-electron chi connectivity index (χ4n) is 3.09. The van der Waals surface area contributed by atoms with Crippen LogP contribution in [0.15, 0.2) is 11.4 Å². The maximum atomic E-state index is 12.3. The summed E-state index contributed by atoms with van der Waals surface area (Å²) < 4.78 is 10.0. The molecule has 0 unspecified atom stereocenters. The van der Waals surface area contributed by atoms with Gasteiger partial charge in [0, 0.05) is 4.88 Å². The molecule has 0 radical (unpaired) electrons. The second-order valence-corrected chi connectivity index (χ2v) is 8.34. The van der Waals surface area contributed by atoms with Crippen LogP contribution in [-0.2, 0) is 27.1 Å². The molecule has 1 aliphatic carbocycles. The van der Waals surface area contributed by atoms with E-state index in [1.54, 1.807) is 5.38 Å². The van der Waals surface area contributed by atoms with Gasteiger partial charge in [0.2, 0.25) is 0 Å². The predicted octanol–water partition coefficient (Wildman–Crippen LogP) is 3.97. The number of ether oxygens (including phenoxy) is 2. The molecule has 0 atom stereocenters. The van der Waals surface area contributed by atoms with Crippen molar-refractivity contribution in [1.29, 1.82) is 0 Å². The minimum Gasteiger partial charge on any atom is -0.465 e. The SMILES string of the molecule is COC(=O)c1c(NC(=O)COC(=O)c2sccc2C)sc2c1CCCCC2. The van der Waals surface area contributed by atoms with Crippen LogP contribution in [0.4, 0.5) is 5.00 Å². The molecule has 1 N–H and O–H groups in total. The number of carbonyl (C=O) groups is 3. The molecule has 8 heteroatoms. The number of amides is 1. The van der Waals surface area contributed by atoms with Gasteiger partial charge >= 0.3 is 11.9 Å². The van der Waals surface area contributed by atoms with Gasteiger partial charge < -0.3 is 14.8 Å². The van der Waals surface area contributed by atoms with Crippen molar-refractivity contribution in [1.82, 2.24) is 0 Å². The van der Waals surface area contributed by atoms with Gasteiger partial charge in [-0.05, 0) is 55.2 Å². The number of hydrogen-bond acceptors (Lipinski definition) is 7. The molecule has 6 nitrogen and oxygen atoms in total. The molecule has 1 aliphatic rings. The number of fused-ring (bicyclic) bond motifs is 1. The van der Waals surface area contributed by atoms with Gasteiger partial charge in [0.1, 0.15) is 9.88 Å². The molecule has 144 valence electrons. The number of aryl methyl sites for hydroxylation is 2. The van der Waals surface area contributed by atoms with E-state index >= 15 is 0 Å². The van der Waals surface area contributed by atoms with Gasteiger partial charge in [0.05, 0.1) is 12.7 Å². The first-order valence-electron chi connectivity index (χ1n) is 8.75. The van der Waals surface area contributed by atoms with Crippen LogP contribution in [-0.4, -0.2) is 31.6 Å². The van der Waals surface area contributed by atoms with Gasteiger partial charge in [-0.15, -0.1) is 22.7 Å². The number of hydrogen-bond donors (Lipinski definition) is 1. The summed E-state index contributed by atoms with van der Waals surface area (Å²) in [6.07, 6.45) is 4.91. The molecule has 0 saturated carbocycles. The second kappa shape index (κ2) is 8.67. The Morgan fingerprint density at radius 2 is 1.93 bits per heavy atom. The molecule has 0 bridgehead atoms. The molecule has 0 fully saturated rings. The van der Waals surface area contributed by atoms with Gasteiger partial charge in [-0.1, -0.05) is 6.42 Å². The monoisotopic (exact) mass is 407 g/mol. The summed E-state index contributed by atoms with van der Waals surface area (Å²) in [6.45, 7) is 1.41. The van der Waals surface area contributed by atoms with E-state index in [4.69, 9.17) is 9.47 Å². The van der Waals surface area contributed by atoms with Gasteiger partial charge in [0.25, 0.3) is 5.91 Å². The molecule has 0 spiro atoms. The van der Waals surface area contributed by atoms with Crippen LogP contribution in [0.2, 0.25) is 0 Å². The third kappa shape index (κ3) is 4.39. The van der Waals surface area contributed by atoms with Crippen LogP contribution >= 0.6 is 22.7 Å².